The van der Waals surface area contributed by atoms with Crippen LogP contribution in [0.4, 0.5) is 20.6 Å². The first kappa shape index (κ1) is 36.6. The van der Waals surface area contributed by atoms with E-state index in [2.05, 4.69) is 10.0 Å². The van der Waals surface area contributed by atoms with Gasteiger partial charge in [0.1, 0.15) is 11.6 Å². The number of sulfonamides is 1. The van der Waals surface area contributed by atoms with Crippen LogP contribution in [0.15, 0.2) is 77.7 Å². The van der Waals surface area contributed by atoms with Gasteiger partial charge in [0, 0.05) is 44.0 Å². The van der Waals surface area contributed by atoms with Gasteiger partial charge in [-0.05, 0) is 87.7 Å². The summed E-state index contributed by atoms with van der Waals surface area (Å²) >= 11 is 0. The van der Waals surface area contributed by atoms with Crippen LogP contribution in [0.5, 0.6) is 5.75 Å². The van der Waals surface area contributed by atoms with Crippen molar-refractivity contribution in [2.24, 2.45) is 5.92 Å². The summed E-state index contributed by atoms with van der Waals surface area (Å²) in [5, 5.41) is 12.9. The van der Waals surface area contributed by atoms with E-state index in [4.69, 9.17) is 9.47 Å². The van der Waals surface area contributed by atoms with E-state index in [0.29, 0.717) is 24.5 Å². The molecule has 48 heavy (non-hydrogen) atoms. The third-order valence-corrected chi connectivity index (χ3v) is 9.65. The smallest absolute Gasteiger partial charge is 0.321 e. The maximum atomic E-state index is 14.3. The third-order valence-electron chi connectivity index (χ3n) is 8.25. The molecule has 0 aliphatic carbocycles. The van der Waals surface area contributed by atoms with Crippen LogP contribution in [0.25, 0.3) is 0 Å². The number of carbonyl (C=O) groups excluding carboxylic acids is 2. The predicted molar refractivity (Wildman–Crippen MR) is 182 cm³/mol. The Labute approximate surface area is 282 Å². The van der Waals surface area contributed by atoms with Crippen LogP contribution in [0.2, 0.25) is 0 Å². The summed E-state index contributed by atoms with van der Waals surface area (Å²) in [5.74, 6) is -0.854. The zero-order valence-corrected chi connectivity index (χ0v) is 28.6. The number of carbonyl (C=O) groups is 2. The zero-order valence-electron chi connectivity index (χ0n) is 27.8. The van der Waals surface area contributed by atoms with Crippen molar-refractivity contribution in [1.29, 1.82) is 0 Å². The molecule has 11 nitrogen and oxygen atoms in total. The summed E-state index contributed by atoms with van der Waals surface area (Å²) in [4.78, 5) is 30.4. The molecule has 3 aromatic carbocycles. The number of urea groups is 1. The van der Waals surface area contributed by atoms with Gasteiger partial charge < -0.3 is 29.7 Å². The highest BCUT2D eigenvalue weighted by Gasteiger charge is 2.31. The van der Waals surface area contributed by atoms with E-state index in [0.717, 1.165) is 12.8 Å². The molecule has 0 radical (unpaired) electrons. The Balaban J connectivity index is 1.62. The standard InChI is InChI=1S/C35H45FN4O7S/c1-24-21-40(25(2)23-41)34(42)31-20-29(38-48(44,45)30-11-6-5-7-12-30)17-18-32(31)47-26(3)10-8-9-19-46-33(24)22-39(4)35(43)37-28-15-13-27(36)14-16-28/h5-7,11-18,20,24-26,33,38,41H,8-10,19,21-23H2,1-4H3,(H,37,43)/t24-,25+,26-,33+/m1/s1. The second-order valence-corrected chi connectivity index (χ2v) is 13.9. The van der Waals surface area contributed by atoms with Crippen LogP contribution >= 0.6 is 0 Å². The van der Waals surface area contributed by atoms with Gasteiger partial charge in [-0.3, -0.25) is 9.52 Å². The Morgan fingerprint density at radius 2 is 1.75 bits per heavy atom. The highest BCUT2D eigenvalue weighted by molar-refractivity contribution is 7.92. The SMILES string of the molecule is C[C@@H]1CCCCO[C@@H](CN(C)C(=O)Nc2ccc(F)cc2)[C@H](C)CN([C@@H](C)CO)C(=O)c2cc(NS(=O)(=O)c3ccccc3)ccc2O1. The van der Waals surface area contributed by atoms with E-state index in [1.54, 1.807) is 44.3 Å². The molecule has 3 N–H and O–H groups in total. The maximum absolute atomic E-state index is 14.3. The van der Waals surface area contributed by atoms with Gasteiger partial charge in [-0.2, -0.15) is 0 Å². The van der Waals surface area contributed by atoms with E-state index in [-0.39, 0.29) is 47.9 Å². The summed E-state index contributed by atoms with van der Waals surface area (Å²) < 4.78 is 54.6. The fraction of sp³-hybridized carbons (Fsp3) is 0.429. The second-order valence-electron chi connectivity index (χ2n) is 12.2. The first-order valence-electron chi connectivity index (χ1n) is 16.1. The number of likely N-dealkylation sites (N-methyl/N-ethyl adjacent to an activating group) is 1. The molecule has 1 heterocycles. The molecule has 3 amide bonds. The number of anilines is 2. The van der Waals surface area contributed by atoms with Crippen LogP contribution in [0.1, 0.15) is 50.4 Å². The summed E-state index contributed by atoms with van der Waals surface area (Å²) in [5.41, 5.74) is 0.776. The van der Waals surface area contributed by atoms with Gasteiger partial charge in [-0.1, -0.05) is 25.1 Å². The van der Waals surface area contributed by atoms with E-state index in [1.165, 1.54) is 52.3 Å². The van der Waals surface area contributed by atoms with Gasteiger partial charge in [0.2, 0.25) is 0 Å². The Morgan fingerprint density at radius 3 is 2.44 bits per heavy atom. The van der Waals surface area contributed by atoms with E-state index >= 15 is 0 Å². The average molecular weight is 685 g/mol. The van der Waals surface area contributed by atoms with Crippen molar-refractivity contribution < 1.29 is 37.0 Å². The van der Waals surface area contributed by atoms with Gasteiger partial charge >= 0.3 is 6.03 Å². The lowest BCUT2D eigenvalue weighted by Crippen LogP contribution is -2.48. The summed E-state index contributed by atoms with van der Waals surface area (Å²) in [6, 6.07) is 17.0. The molecule has 0 fully saturated rings. The van der Waals surface area contributed by atoms with E-state index in [1.807, 2.05) is 13.8 Å². The number of nitrogens with zero attached hydrogens (tertiary/aromatic N) is 2. The van der Waals surface area contributed by atoms with Crippen molar-refractivity contribution in [3.05, 3.63) is 84.2 Å². The average Bonchev–Trinajstić information content (AvgIpc) is 3.07. The Morgan fingerprint density at radius 1 is 1.06 bits per heavy atom. The Kier molecular flexibility index (Phi) is 12.8. The van der Waals surface area contributed by atoms with Gasteiger partial charge in [-0.25, -0.2) is 17.6 Å². The summed E-state index contributed by atoms with van der Waals surface area (Å²) in [6.07, 6.45) is 1.47. The molecular formula is C35H45FN4O7S. The van der Waals surface area contributed by atoms with Crippen molar-refractivity contribution >= 4 is 33.3 Å². The fourth-order valence-corrected chi connectivity index (χ4v) is 6.44. The van der Waals surface area contributed by atoms with Crippen LogP contribution < -0.4 is 14.8 Å². The van der Waals surface area contributed by atoms with Crippen molar-refractivity contribution in [2.75, 3.05) is 43.4 Å². The zero-order chi connectivity index (χ0) is 34.8. The first-order chi connectivity index (χ1) is 22.9. The molecule has 4 rings (SSSR count). The van der Waals surface area contributed by atoms with Gasteiger partial charge in [-0.15, -0.1) is 0 Å². The number of halogens is 1. The predicted octanol–water partition coefficient (Wildman–Crippen LogP) is 5.59. The van der Waals surface area contributed by atoms with E-state index < -0.39 is 39.9 Å². The molecule has 0 saturated carbocycles. The molecule has 1 aliphatic heterocycles. The molecule has 0 unspecified atom stereocenters. The molecule has 0 aromatic heterocycles. The molecule has 13 heteroatoms. The van der Waals surface area contributed by atoms with E-state index in [9.17, 15) is 27.5 Å². The van der Waals surface area contributed by atoms with Gasteiger partial charge in [0.15, 0.2) is 0 Å². The molecule has 4 atom stereocenters. The lowest BCUT2D eigenvalue weighted by molar-refractivity contribution is -0.0115. The van der Waals surface area contributed by atoms with Crippen molar-refractivity contribution in [1.82, 2.24) is 9.80 Å². The highest BCUT2D eigenvalue weighted by Crippen LogP contribution is 2.29. The van der Waals surface area contributed by atoms with Crippen molar-refractivity contribution in [2.45, 2.75) is 63.2 Å². The number of amides is 3. The Hall–Kier alpha value is -4.20. The lowest BCUT2D eigenvalue weighted by atomic mass is 10.0. The number of hydrogen-bond donors (Lipinski definition) is 3. The number of rotatable bonds is 8. The largest absolute Gasteiger partial charge is 0.490 e. The normalized spacial score (nSPS) is 20.1. The van der Waals surface area contributed by atoms with Crippen LogP contribution in [0, 0.1) is 11.7 Å². The molecule has 0 spiro atoms. The Bertz CT molecular complexity index is 1630. The quantitative estimate of drug-likeness (QED) is 0.282. The highest BCUT2D eigenvalue weighted by atomic mass is 32.2. The van der Waals surface area contributed by atoms with Crippen molar-refractivity contribution in [3.63, 3.8) is 0 Å². The molecule has 0 saturated heterocycles. The topological polar surface area (TPSA) is 138 Å². The number of hydrogen-bond acceptors (Lipinski definition) is 7. The number of aliphatic hydroxyl groups is 1. The van der Waals surface area contributed by atoms with Gasteiger partial charge in [0.05, 0.1) is 35.3 Å². The number of aliphatic hydroxyl groups excluding tert-OH is 1. The molecular weight excluding hydrogens is 639 g/mol. The molecule has 1 aliphatic rings. The minimum atomic E-state index is -3.93. The third kappa shape index (κ3) is 9.91. The number of nitrogens with one attached hydrogen (secondary N) is 2. The summed E-state index contributed by atoms with van der Waals surface area (Å²) in [6.45, 7) is 6.00. The summed E-state index contributed by atoms with van der Waals surface area (Å²) in [7, 11) is -2.30. The van der Waals surface area contributed by atoms with Crippen LogP contribution in [-0.4, -0.2) is 86.9 Å². The maximum Gasteiger partial charge on any atom is 0.321 e. The number of ether oxygens (including phenoxy) is 2. The molecule has 260 valence electrons. The fourth-order valence-electron chi connectivity index (χ4n) is 5.37. The first-order valence-corrected chi connectivity index (χ1v) is 17.6. The minimum absolute atomic E-state index is 0.0768. The van der Waals surface area contributed by atoms with Gasteiger partial charge in [0.25, 0.3) is 15.9 Å². The molecule has 0 bridgehead atoms. The lowest BCUT2D eigenvalue weighted by Gasteiger charge is -2.35. The van der Waals surface area contributed by atoms with Crippen LogP contribution in [-0.2, 0) is 14.8 Å². The minimum Gasteiger partial charge on any atom is -0.490 e. The van der Waals surface area contributed by atoms with Crippen molar-refractivity contribution in [3.8, 4) is 5.75 Å². The number of benzene rings is 3. The monoisotopic (exact) mass is 684 g/mol. The molecule has 3 aromatic rings. The second kappa shape index (κ2) is 16.8. The number of fused-ring (bicyclic) bond motifs is 1. The van der Waals surface area contributed by atoms with Crippen LogP contribution in [0.3, 0.4) is 0 Å².